The lowest BCUT2D eigenvalue weighted by Gasteiger charge is -2.46. The van der Waals surface area contributed by atoms with Crippen LogP contribution < -0.4 is 10.1 Å². The van der Waals surface area contributed by atoms with Crippen LogP contribution in [-0.4, -0.2) is 77.5 Å². The van der Waals surface area contributed by atoms with E-state index in [-0.39, 0.29) is 23.0 Å². The largest absolute Gasteiger partial charge is 0.573 e. The summed E-state index contributed by atoms with van der Waals surface area (Å²) in [7, 11) is 0. The Kier molecular flexibility index (Phi) is 7.18. The number of alkyl halides is 3. The number of aromatic nitrogens is 1. The number of benzene rings is 2. The van der Waals surface area contributed by atoms with Crippen LogP contribution in [0, 0.1) is 18.8 Å². The molecule has 0 unspecified atom stereocenters. The number of anilines is 1. The van der Waals surface area contributed by atoms with Gasteiger partial charge in [0.2, 0.25) is 0 Å². The number of β-amino-alcohol motifs (C(OH)–C–C–N with tert-alkyl or cyclic N) is 1. The van der Waals surface area contributed by atoms with E-state index in [1.54, 1.807) is 11.0 Å². The van der Waals surface area contributed by atoms with Crippen molar-refractivity contribution in [2.45, 2.75) is 51.0 Å². The van der Waals surface area contributed by atoms with Gasteiger partial charge in [0.05, 0.1) is 6.10 Å². The average molecular weight is 571 g/mol. The minimum Gasteiger partial charge on any atom is -0.406 e. The fourth-order valence-corrected chi connectivity index (χ4v) is 7.17. The number of carbonyl (C=O) groups excluding carboxylic acids is 1. The number of aliphatic hydroxyl groups excluding tert-OH is 1. The van der Waals surface area contributed by atoms with E-state index in [9.17, 15) is 23.1 Å². The minimum absolute atomic E-state index is 0.117. The maximum atomic E-state index is 13.1. The highest BCUT2D eigenvalue weighted by Gasteiger charge is 2.46. The first-order chi connectivity index (χ1) is 19.5. The van der Waals surface area contributed by atoms with Gasteiger partial charge in [0.15, 0.2) is 0 Å². The number of aromatic amines is 1. The Bertz CT molecular complexity index is 1430. The Morgan fingerprint density at radius 3 is 2.66 bits per heavy atom. The van der Waals surface area contributed by atoms with Crippen LogP contribution in [0.3, 0.4) is 0 Å². The lowest BCUT2D eigenvalue weighted by Crippen LogP contribution is -2.52. The zero-order valence-electron chi connectivity index (χ0n) is 23.4. The van der Waals surface area contributed by atoms with Gasteiger partial charge in [-0.05, 0) is 86.0 Å². The van der Waals surface area contributed by atoms with E-state index in [0.29, 0.717) is 55.0 Å². The Balaban J connectivity index is 1.02. The number of rotatable bonds is 5. The number of hydrogen-bond acceptors (Lipinski definition) is 5. The molecule has 3 aliphatic heterocycles. The molecule has 2 aromatic carbocycles. The van der Waals surface area contributed by atoms with Gasteiger partial charge in [-0.1, -0.05) is 19.1 Å². The van der Waals surface area contributed by atoms with Crippen molar-refractivity contribution in [1.29, 1.82) is 0 Å². The fourth-order valence-electron chi connectivity index (χ4n) is 7.17. The van der Waals surface area contributed by atoms with Gasteiger partial charge in [-0.25, -0.2) is 0 Å². The average Bonchev–Trinajstić information content (AvgIpc) is 3.51. The normalized spacial score (nSPS) is 24.4. The monoisotopic (exact) mass is 570 g/mol. The molecular formula is C31H37F3N4O3. The molecule has 3 aromatic rings. The van der Waals surface area contributed by atoms with E-state index >= 15 is 0 Å². The van der Waals surface area contributed by atoms with Crippen molar-refractivity contribution in [1.82, 2.24) is 14.8 Å². The molecule has 0 aliphatic carbocycles. The molecule has 1 spiro atoms. The van der Waals surface area contributed by atoms with E-state index in [4.69, 9.17) is 0 Å². The minimum atomic E-state index is -4.77. The lowest BCUT2D eigenvalue weighted by molar-refractivity contribution is -0.274. The van der Waals surface area contributed by atoms with Gasteiger partial charge in [-0.2, -0.15) is 0 Å². The van der Waals surface area contributed by atoms with Crippen LogP contribution in [0.4, 0.5) is 18.9 Å². The summed E-state index contributed by atoms with van der Waals surface area (Å²) in [6.07, 6.45) is -2.75. The van der Waals surface area contributed by atoms with Gasteiger partial charge in [-0.15, -0.1) is 13.2 Å². The number of hydrogen-bond donors (Lipinski definition) is 3. The molecular weight excluding hydrogens is 533 g/mol. The number of halogens is 3. The molecule has 1 aromatic heterocycles. The second-order valence-corrected chi connectivity index (χ2v) is 12.1. The zero-order valence-corrected chi connectivity index (χ0v) is 23.4. The summed E-state index contributed by atoms with van der Waals surface area (Å²) >= 11 is 0. The molecule has 41 heavy (non-hydrogen) atoms. The SMILES string of the molecule is Cc1ccc2c(c1)NC[C@]21CCN(C[C@@H](O)C2CCN(C(=O)c3cc4cc(OC(F)(F)F)ccc4[nH]3)CC2)C[C@H]1C. The van der Waals surface area contributed by atoms with E-state index < -0.39 is 12.5 Å². The third-order valence-corrected chi connectivity index (χ3v) is 9.53. The van der Waals surface area contributed by atoms with Crippen LogP contribution in [0.15, 0.2) is 42.5 Å². The van der Waals surface area contributed by atoms with E-state index in [1.807, 2.05) is 0 Å². The standard InChI is InChI=1S/C31H37F3N4O3/c1-19-3-5-24-26(13-19)35-18-30(24)9-12-37(16-20(30)2)17-28(39)21-7-10-38(11-8-21)29(40)27-15-22-14-23(41-31(32,33)34)4-6-25(22)36-27/h3-6,13-15,20-21,28,35-36,39H,7-12,16-18H2,1-2H3/t20-,28-,30+/m1/s1. The molecule has 2 fully saturated rings. The molecule has 0 saturated carbocycles. The van der Waals surface area contributed by atoms with Gasteiger partial charge in [0.1, 0.15) is 11.4 Å². The van der Waals surface area contributed by atoms with Gasteiger partial charge >= 0.3 is 6.36 Å². The van der Waals surface area contributed by atoms with E-state index in [2.05, 4.69) is 52.0 Å². The van der Waals surface area contributed by atoms with Crippen molar-refractivity contribution in [2.75, 3.05) is 44.6 Å². The Morgan fingerprint density at radius 2 is 1.93 bits per heavy atom. The van der Waals surface area contributed by atoms with Crippen LogP contribution in [-0.2, 0) is 5.41 Å². The number of H-pyrrole nitrogens is 1. The first-order valence-corrected chi connectivity index (χ1v) is 14.4. The number of carbonyl (C=O) groups is 1. The molecule has 2 saturated heterocycles. The molecule has 3 aliphatic rings. The zero-order chi connectivity index (χ0) is 28.9. The van der Waals surface area contributed by atoms with Crippen LogP contribution in [0.25, 0.3) is 10.9 Å². The topological polar surface area (TPSA) is 80.8 Å². The Labute approximate surface area is 237 Å². The maximum Gasteiger partial charge on any atom is 0.573 e. The van der Waals surface area contributed by atoms with Crippen molar-refractivity contribution in [2.24, 2.45) is 11.8 Å². The van der Waals surface area contributed by atoms with Gasteiger partial charge in [0.25, 0.3) is 5.91 Å². The highest BCUT2D eigenvalue weighted by atomic mass is 19.4. The van der Waals surface area contributed by atoms with Crippen LogP contribution in [0.1, 0.15) is 47.8 Å². The molecule has 4 heterocycles. The number of likely N-dealkylation sites (tertiary alicyclic amines) is 2. The number of amides is 1. The fraction of sp³-hybridized carbons (Fsp3) is 0.516. The number of aliphatic hydroxyl groups is 1. The molecule has 220 valence electrons. The van der Waals surface area contributed by atoms with Gasteiger partial charge in [-0.3, -0.25) is 4.79 Å². The van der Waals surface area contributed by atoms with Crippen LogP contribution in [0.2, 0.25) is 0 Å². The van der Waals surface area contributed by atoms with Crippen LogP contribution in [0.5, 0.6) is 5.75 Å². The maximum absolute atomic E-state index is 13.1. The Morgan fingerprint density at radius 1 is 1.15 bits per heavy atom. The predicted octanol–water partition coefficient (Wildman–Crippen LogP) is 5.29. The number of aryl methyl sites for hydroxylation is 1. The first-order valence-electron chi connectivity index (χ1n) is 14.4. The highest BCUT2D eigenvalue weighted by Crippen LogP contribution is 2.47. The molecule has 10 heteroatoms. The quantitative estimate of drug-likeness (QED) is 0.388. The van der Waals surface area contributed by atoms with E-state index in [0.717, 1.165) is 26.1 Å². The number of piperidine rings is 2. The highest BCUT2D eigenvalue weighted by molar-refractivity contribution is 5.98. The summed E-state index contributed by atoms with van der Waals surface area (Å²) in [6.45, 7) is 9.00. The molecule has 3 N–H and O–H groups in total. The van der Waals surface area contributed by atoms with Crippen molar-refractivity contribution < 1.29 is 27.8 Å². The summed E-state index contributed by atoms with van der Waals surface area (Å²) in [5, 5.41) is 15.3. The molecule has 0 bridgehead atoms. The number of nitrogens with one attached hydrogen (secondary N) is 2. The van der Waals surface area contributed by atoms with Crippen molar-refractivity contribution in [3.63, 3.8) is 0 Å². The Hall–Kier alpha value is -3.24. The van der Waals surface area contributed by atoms with Crippen LogP contribution >= 0.6 is 0 Å². The number of fused-ring (bicyclic) bond motifs is 3. The second kappa shape index (κ2) is 10.5. The molecule has 1 amide bonds. The number of nitrogens with zero attached hydrogens (tertiary/aromatic N) is 2. The van der Waals surface area contributed by atoms with Crippen molar-refractivity contribution in [3.05, 3.63) is 59.3 Å². The third-order valence-electron chi connectivity index (χ3n) is 9.53. The molecule has 7 nitrogen and oxygen atoms in total. The van der Waals surface area contributed by atoms with Gasteiger partial charge < -0.3 is 29.9 Å². The first kappa shape index (κ1) is 27.9. The summed E-state index contributed by atoms with van der Waals surface area (Å²) in [4.78, 5) is 20.3. The second-order valence-electron chi connectivity index (χ2n) is 12.1. The molecule has 6 rings (SSSR count). The third kappa shape index (κ3) is 5.51. The smallest absolute Gasteiger partial charge is 0.406 e. The number of ether oxygens (including phenoxy) is 1. The molecule has 3 atom stereocenters. The summed E-state index contributed by atoms with van der Waals surface area (Å²) < 4.78 is 41.7. The van der Waals surface area contributed by atoms with Crippen molar-refractivity contribution >= 4 is 22.5 Å². The van der Waals surface area contributed by atoms with Crippen molar-refractivity contribution in [3.8, 4) is 5.75 Å². The summed E-state index contributed by atoms with van der Waals surface area (Å²) in [5.41, 5.74) is 5.00. The predicted molar refractivity (Wildman–Crippen MR) is 151 cm³/mol. The lowest BCUT2D eigenvalue weighted by atomic mass is 9.67. The summed E-state index contributed by atoms with van der Waals surface area (Å²) in [6, 6.07) is 12.3. The summed E-state index contributed by atoms with van der Waals surface area (Å²) in [5.74, 6) is 0.0674. The van der Waals surface area contributed by atoms with E-state index in [1.165, 1.54) is 35.0 Å². The molecule has 0 radical (unpaired) electrons. The van der Waals surface area contributed by atoms with Gasteiger partial charge in [0, 0.05) is 54.7 Å².